The van der Waals surface area contributed by atoms with E-state index in [4.69, 9.17) is 4.99 Å². The van der Waals surface area contributed by atoms with Crippen LogP contribution in [-0.4, -0.2) is 49.8 Å². The van der Waals surface area contributed by atoms with Gasteiger partial charge in [0.1, 0.15) is 0 Å². The van der Waals surface area contributed by atoms with Gasteiger partial charge < -0.3 is 20.2 Å². The van der Waals surface area contributed by atoms with Crippen LogP contribution in [-0.2, 0) is 13.1 Å². The number of piperidine rings is 1. The first-order valence-corrected chi connectivity index (χ1v) is 10.1. The fraction of sp³-hybridized carbons (Fsp3) is 0.435. The predicted molar refractivity (Wildman–Crippen MR) is 117 cm³/mol. The molecule has 2 aromatic rings. The quantitative estimate of drug-likeness (QED) is 0.597. The second kappa shape index (κ2) is 10.1. The summed E-state index contributed by atoms with van der Waals surface area (Å²) in [5, 5.41) is 12.7. The Morgan fingerprint density at radius 2 is 1.71 bits per heavy atom. The van der Waals surface area contributed by atoms with Crippen molar-refractivity contribution in [2.45, 2.75) is 25.9 Å². The van der Waals surface area contributed by atoms with E-state index < -0.39 is 0 Å². The summed E-state index contributed by atoms with van der Waals surface area (Å²) in [7, 11) is 4.02. The molecule has 2 aromatic carbocycles. The number of guanidine groups is 1. The Morgan fingerprint density at radius 3 is 2.32 bits per heavy atom. The van der Waals surface area contributed by atoms with E-state index in [9.17, 15) is 5.11 Å². The second-order valence-corrected chi connectivity index (χ2v) is 7.65. The third-order valence-electron chi connectivity index (χ3n) is 5.30. The number of anilines is 1. The van der Waals surface area contributed by atoms with Crippen molar-refractivity contribution >= 4 is 11.6 Å². The summed E-state index contributed by atoms with van der Waals surface area (Å²) in [6, 6.07) is 19.1. The number of aliphatic hydroxyl groups excluding tert-OH is 1. The SMILES string of the molecule is CN(C)C(=NCc1ccccc1)NCc1ccc(N2CCC(CO)CC2)cc1. The largest absolute Gasteiger partial charge is 0.396 e. The van der Waals surface area contributed by atoms with Gasteiger partial charge in [0.15, 0.2) is 5.96 Å². The van der Waals surface area contributed by atoms with Crippen LogP contribution in [0.15, 0.2) is 59.6 Å². The molecule has 0 atom stereocenters. The Kier molecular flexibility index (Phi) is 7.31. The first-order chi connectivity index (χ1) is 13.7. The summed E-state index contributed by atoms with van der Waals surface area (Å²) in [5.74, 6) is 1.36. The number of benzene rings is 2. The number of nitrogens with zero attached hydrogens (tertiary/aromatic N) is 3. The van der Waals surface area contributed by atoms with Crippen LogP contribution in [0.2, 0.25) is 0 Å². The molecule has 1 heterocycles. The maximum atomic E-state index is 9.29. The van der Waals surface area contributed by atoms with E-state index in [1.165, 1.54) is 16.8 Å². The van der Waals surface area contributed by atoms with E-state index in [0.717, 1.165) is 38.4 Å². The molecule has 150 valence electrons. The molecule has 0 saturated carbocycles. The molecule has 0 spiro atoms. The highest BCUT2D eigenvalue weighted by atomic mass is 16.3. The lowest BCUT2D eigenvalue weighted by molar-refractivity contribution is 0.203. The van der Waals surface area contributed by atoms with Crippen molar-refractivity contribution in [3.63, 3.8) is 0 Å². The Bertz CT molecular complexity index is 735. The highest BCUT2D eigenvalue weighted by molar-refractivity contribution is 5.79. The number of aliphatic hydroxyl groups is 1. The minimum atomic E-state index is 0.318. The summed E-state index contributed by atoms with van der Waals surface area (Å²) in [4.78, 5) is 9.15. The maximum Gasteiger partial charge on any atom is 0.194 e. The lowest BCUT2D eigenvalue weighted by Crippen LogP contribution is -2.36. The van der Waals surface area contributed by atoms with Crippen molar-refractivity contribution in [3.05, 3.63) is 65.7 Å². The van der Waals surface area contributed by atoms with Crippen molar-refractivity contribution < 1.29 is 5.11 Å². The average molecular weight is 381 g/mol. The zero-order chi connectivity index (χ0) is 19.8. The van der Waals surface area contributed by atoms with Gasteiger partial charge in [0.25, 0.3) is 0 Å². The Labute approximate surface area is 168 Å². The molecule has 2 N–H and O–H groups in total. The standard InChI is InChI=1S/C23H32N4O/c1-26(2)23(24-16-19-6-4-3-5-7-19)25-17-20-8-10-22(11-9-20)27-14-12-21(18-28)13-15-27/h3-11,21,28H,12-18H2,1-2H3,(H,24,25). The van der Waals surface area contributed by atoms with E-state index >= 15 is 0 Å². The highest BCUT2D eigenvalue weighted by Crippen LogP contribution is 2.23. The molecule has 1 aliphatic rings. The van der Waals surface area contributed by atoms with Crippen LogP contribution in [0.3, 0.4) is 0 Å². The summed E-state index contributed by atoms with van der Waals surface area (Å²) in [6.07, 6.45) is 2.15. The molecule has 0 aliphatic carbocycles. The number of nitrogens with one attached hydrogen (secondary N) is 1. The minimum Gasteiger partial charge on any atom is -0.396 e. The van der Waals surface area contributed by atoms with Gasteiger partial charge in [-0.15, -0.1) is 0 Å². The molecule has 5 nitrogen and oxygen atoms in total. The molecule has 3 rings (SSSR count). The van der Waals surface area contributed by atoms with Crippen molar-refractivity contribution in [1.82, 2.24) is 10.2 Å². The van der Waals surface area contributed by atoms with Gasteiger partial charge in [-0.2, -0.15) is 0 Å². The van der Waals surface area contributed by atoms with Gasteiger partial charge in [-0.1, -0.05) is 42.5 Å². The van der Waals surface area contributed by atoms with Crippen molar-refractivity contribution in [2.24, 2.45) is 10.9 Å². The van der Waals surface area contributed by atoms with Gasteiger partial charge in [-0.05, 0) is 42.0 Å². The van der Waals surface area contributed by atoms with Gasteiger partial charge in [0.05, 0.1) is 6.54 Å². The Balaban J connectivity index is 1.54. The summed E-state index contributed by atoms with van der Waals surface area (Å²) < 4.78 is 0. The van der Waals surface area contributed by atoms with Crippen LogP contribution in [0.1, 0.15) is 24.0 Å². The lowest BCUT2D eigenvalue weighted by atomic mass is 9.97. The average Bonchev–Trinajstić information content (AvgIpc) is 2.75. The van der Waals surface area contributed by atoms with Crippen LogP contribution >= 0.6 is 0 Å². The summed E-state index contributed by atoms with van der Waals surface area (Å²) in [5.41, 5.74) is 3.71. The van der Waals surface area contributed by atoms with Gasteiger partial charge in [0.2, 0.25) is 0 Å². The van der Waals surface area contributed by atoms with Crippen LogP contribution in [0.25, 0.3) is 0 Å². The van der Waals surface area contributed by atoms with E-state index in [-0.39, 0.29) is 0 Å². The third-order valence-corrected chi connectivity index (χ3v) is 5.30. The molecule has 1 aliphatic heterocycles. The molecule has 1 fully saturated rings. The monoisotopic (exact) mass is 380 g/mol. The van der Waals surface area contributed by atoms with Gasteiger partial charge >= 0.3 is 0 Å². The van der Waals surface area contributed by atoms with Crippen LogP contribution in [0, 0.1) is 5.92 Å². The molecule has 0 unspecified atom stereocenters. The normalized spacial score (nSPS) is 15.5. The number of rotatable bonds is 6. The first-order valence-electron chi connectivity index (χ1n) is 10.1. The van der Waals surface area contributed by atoms with E-state index in [1.807, 2.05) is 37.2 Å². The number of aliphatic imine (C=N–C) groups is 1. The second-order valence-electron chi connectivity index (χ2n) is 7.65. The predicted octanol–water partition coefficient (Wildman–Crippen LogP) is 3.10. The van der Waals surface area contributed by atoms with Gasteiger partial charge in [-0.25, -0.2) is 4.99 Å². The molecule has 1 saturated heterocycles. The fourth-order valence-corrected chi connectivity index (χ4v) is 3.48. The lowest BCUT2D eigenvalue weighted by Gasteiger charge is -2.33. The molecule has 0 radical (unpaired) electrons. The summed E-state index contributed by atoms with van der Waals surface area (Å²) in [6.45, 7) is 3.79. The number of hydrogen-bond donors (Lipinski definition) is 2. The molecule has 28 heavy (non-hydrogen) atoms. The van der Waals surface area contributed by atoms with E-state index in [2.05, 4.69) is 46.6 Å². The zero-order valence-corrected chi connectivity index (χ0v) is 17.0. The van der Waals surface area contributed by atoms with E-state index in [1.54, 1.807) is 0 Å². The summed E-state index contributed by atoms with van der Waals surface area (Å²) >= 11 is 0. The molecule has 5 heteroatoms. The van der Waals surface area contributed by atoms with Crippen molar-refractivity contribution in [3.8, 4) is 0 Å². The van der Waals surface area contributed by atoms with Crippen LogP contribution < -0.4 is 10.2 Å². The van der Waals surface area contributed by atoms with Crippen LogP contribution in [0.5, 0.6) is 0 Å². The highest BCUT2D eigenvalue weighted by Gasteiger charge is 2.18. The Morgan fingerprint density at radius 1 is 1.04 bits per heavy atom. The minimum absolute atomic E-state index is 0.318. The molecule has 0 amide bonds. The first kappa shape index (κ1) is 20.2. The topological polar surface area (TPSA) is 51.1 Å². The number of hydrogen-bond acceptors (Lipinski definition) is 3. The zero-order valence-electron chi connectivity index (χ0n) is 17.0. The van der Waals surface area contributed by atoms with Crippen molar-refractivity contribution in [2.75, 3.05) is 38.7 Å². The van der Waals surface area contributed by atoms with Gasteiger partial charge in [0, 0.05) is 46.0 Å². The third kappa shape index (κ3) is 5.73. The smallest absolute Gasteiger partial charge is 0.194 e. The van der Waals surface area contributed by atoms with E-state index in [0.29, 0.717) is 19.1 Å². The maximum absolute atomic E-state index is 9.29. The van der Waals surface area contributed by atoms with Crippen molar-refractivity contribution in [1.29, 1.82) is 0 Å². The fourth-order valence-electron chi connectivity index (χ4n) is 3.48. The van der Waals surface area contributed by atoms with Crippen LogP contribution in [0.4, 0.5) is 5.69 Å². The Hall–Kier alpha value is -2.53. The molecule has 0 bridgehead atoms. The molecular weight excluding hydrogens is 348 g/mol. The van der Waals surface area contributed by atoms with Gasteiger partial charge in [-0.3, -0.25) is 0 Å². The molecular formula is C23H32N4O. The molecule has 0 aromatic heterocycles.